The zero-order valence-electron chi connectivity index (χ0n) is 16.6. The Morgan fingerprint density at radius 1 is 1.11 bits per heavy atom. The molecular weight excluding hydrogens is 350 g/mol. The van der Waals surface area contributed by atoms with Crippen LogP contribution >= 0.6 is 0 Å². The van der Waals surface area contributed by atoms with E-state index in [1.54, 1.807) is 7.11 Å². The lowest BCUT2D eigenvalue weighted by Gasteiger charge is -2.30. The minimum Gasteiger partial charge on any atom is -0.497 e. The van der Waals surface area contributed by atoms with Crippen LogP contribution in [-0.4, -0.2) is 56.1 Å². The standard InChI is InChI=1S/C23H27N3O2/c1-25-13-15-26(16-14-25)22(27)12-11-20-19-5-3-4-6-21(19)24-23(20)17-7-9-18(28-2)10-8-17/h3-10,24H,11-16H2,1-2H3/p+1. The van der Waals surface area contributed by atoms with Gasteiger partial charge in [-0.1, -0.05) is 18.2 Å². The van der Waals surface area contributed by atoms with Crippen LogP contribution in [0, 0.1) is 0 Å². The van der Waals surface area contributed by atoms with E-state index in [4.69, 9.17) is 4.74 Å². The number of hydrogen-bond donors (Lipinski definition) is 2. The van der Waals surface area contributed by atoms with Crippen LogP contribution in [0.5, 0.6) is 5.75 Å². The molecule has 5 nitrogen and oxygen atoms in total. The lowest BCUT2D eigenvalue weighted by atomic mass is 10.0. The summed E-state index contributed by atoms with van der Waals surface area (Å²) in [5.41, 5.74) is 4.54. The summed E-state index contributed by atoms with van der Waals surface area (Å²) in [4.78, 5) is 19.8. The first-order valence-electron chi connectivity index (χ1n) is 9.99. The van der Waals surface area contributed by atoms with Crippen LogP contribution in [0.2, 0.25) is 0 Å². The third-order valence-corrected chi connectivity index (χ3v) is 5.75. The Bertz CT molecular complexity index is 954. The van der Waals surface area contributed by atoms with Crippen LogP contribution in [-0.2, 0) is 11.2 Å². The maximum Gasteiger partial charge on any atom is 0.223 e. The first-order valence-corrected chi connectivity index (χ1v) is 9.99. The average molecular weight is 378 g/mol. The number of aromatic amines is 1. The SMILES string of the molecule is COc1ccc(-c2[nH]c3ccccc3c2CCC(=O)N2CC[NH+](C)CC2)cc1. The summed E-state index contributed by atoms with van der Waals surface area (Å²) in [5.74, 6) is 1.10. The molecule has 1 saturated heterocycles. The van der Waals surface area contributed by atoms with E-state index in [9.17, 15) is 4.79 Å². The van der Waals surface area contributed by atoms with Gasteiger partial charge in [0, 0.05) is 23.0 Å². The summed E-state index contributed by atoms with van der Waals surface area (Å²) in [6.07, 6.45) is 1.29. The predicted octanol–water partition coefficient (Wildman–Crippen LogP) is 2.13. The van der Waals surface area contributed by atoms with Crippen molar-refractivity contribution in [3.63, 3.8) is 0 Å². The van der Waals surface area contributed by atoms with Crippen molar-refractivity contribution >= 4 is 16.8 Å². The van der Waals surface area contributed by atoms with E-state index in [0.717, 1.165) is 55.1 Å². The van der Waals surface area contributed by atoms with Crippen molar-refractivity contribution in [3.8, 4) is 17.0 Å². The molecule has 0 bridgehead atoms. The van der Waals surface area contributed by atoms with Crippen molar-refractivity contribution in [2.24, 2.45) is 0 Å². The Morgan fingerprint density at radius 2 is 1.82 bits per heavy atom. The largest absolute Gasteiger partial charge is 0.497 e. The fourth-order valence-corrected chi connectivity index (χ4v) is 3.99. The molecule has 0 spiro atoms. The lowest BCUT2D eigenvalue weighted by molar-refractivity contribution is -0.883. The highest BCUT2D eigenvalue weighted by Gasteiger charge is 2.22. The van der Waals surface area contributed by atoms with Gasteiger partial charge in [-0.3, -0.25) is 4.79 Å². The van der Waals surface area contributed by atoms with Gasteiger partial charge in [0.25, 0.3) is 0 Å². The molecule has 1 aromatic heterocycles. The van der Waals surface area contributed by atoms with Crippen molar-refractivity contribution in [3.05, 3.63) is 54.1 Å². The van der Waals surface area contributed by atoms with Crippen LogP contribution < -0.4 is 9.64 Å². The fraction of sp³-hybridized carbons (Fsp3) is 0.348. The number of methoxy groups -OCH3 is 1. The minimum absolute atomic E-state index is 0.262. The van der Waals surface area contributed by atoms with Crippen molar-refractivity contribution in [2.45, 2.75) is 12.8 Å². The van der Waals surface area contributed by atoms with E-state index >= 15 is 0 Å². The maximum absolute atomic E-state index is 12.8. The monoisotopic (exact) mass is 378 g/mol. The molecule has 1 fully saturated rings. The highest BCUT2D eigenvalue weighted by Crippen LogP contribution is 2.32. The quantitative estimate of drug-likeness (QED) is 0.715. The van der Waals surface area contributed by atoms with Crippen molar-refractivity contribution < 1.29 is 14.4 Å². The number of quaternary nitrogens is 1. The summed E-state index contributed by atoms with van der Waals surface area (Å²) in [6, 6.07) is 16.4. The number of aryl methyl sites for hydroxylation is 1. The second kappa shape index (κ2) is 8.07. The maximum atomic E-state index is 12.8. The lowest BCUT2D eigenvalue weighted by Crippen LogP contribution is -3.12. The Hall–Kier alpha value is -2.79. The first kappa shape index (κ1) is 18.6. The number of amides is 1. The third-order valence-electron chi connectivity index (χ3n) is 5.75. The van der Waals surface area contributed by atoms with Gasteiger partial charge in [0.2, 0.25) is 5.91 Å². The molecule has 1 aliphatic rings. The summed E-state index contributed by atoms with van der Waals surface area (Å²) in [5, 5.41) is 1.20. The zero-order chi connectivity index (χ0) is 19.5. The molecule has 2 aromatic carbocycles. The Balaban J connectivity index is 1.59. The normalized spacial score (nSPS) is 15.1. The van der Waals surface area contributed by atoms with Crippen molar-refractivity contribution in [2.75, 3.05) is 40.3 Å². The molecule has 0 radical (unpaired) electrons. The van der Waals surface area contributed by atoms with Crippen molar-refractivity contribution in [1.29, 1.82) is 0 Å². The minimum atomic E-state index is 0.262. The Labute approximate surface area is 165 Å². The van der Waals surface area contributed by atoms with Gasteiger partial charge in [-0.2, -0.15) is 0 Å². The number of carbonyl (C=O) groups excluding carboxylic acids is 1. The smallest absolute Gasteiger partial charge is 0.223 e. The van der Waals surface area contributed by atoms with Gasteiger partial charge in [-0.05, 0) is 47.9 Å². The van der Waals surface area contributed by atoms with E-state index in [1.807, 2.05) is 23.1 Å². The number of likely N-dealkylation sites (N-methyl/N-ethyl adjacent to an activating group) is 1. The van der Waals surface area contributed by atoms with Gasteiger partial charge in [0.15, 0.2) is 0 Å². The van der Waals surface area contributed by atoms with Crippen LogP contribution in [0.15, 0.2) is 48.5 Å². The van der Waals surface area contributed by atoms with E-state index in [0.29, 0.717) is 6.42 Å². The molecule has 2 heterocycles. The summed E-state index contributed by atoms with van der Waals surface area (Å²) >= 11 is 0. The van der Waals surface area contributed by atoms with Gasteiger partial charge in [0.1, 0.15) is 5.75 Å². The predicted molar refractivity (Wildman–Crippen MR) is 112 cm³/mol. The molecule has 4 rings (SSSR count). The first-order chi connectivity index (χ1) is 13.7. The molecule has 5 heteroatoms. The number of carbonyl (C=O) groups is 1. The molecule has 3 aromatic rings. The van der Waals surface area contributed by atoms with E-state index in [1.165, 1.54) is 15.8 Å². The number of ether oxygens (including phenoxy) is 1. The topological polar surface area (TPSA) is 49.8 Å². The molecular formula is C23H28N3O2+. The van der Waals surface area contributed by atoms with Crippen LogP contribution in [0.1, 0.15) is 12.0 Å². The molecule has 1 aliphatic heterocycles. The number of para-hydroxylation sites is 1. The van der Waals surface area contributed by atoms with Crippen molar-refractivity contribution in [1.82, 2.24) is 9.88 Å². The highest BCUT2D eigenvalue weighted by atomic mass is 16.5. The summed E-state index contributed by atoms with van der Waals surface area (Å²) in [6.45, 7) is 3.81. The number of nitrogens with zero attached hydrogens (tertiary/aromatic N) is 1. The highest BCUT2D eigenvalue weighted by molar-refractivity contribution is 5.91. The fourth-order valence-electron chi connectivity index (χ4n) is 3.99. The summed E-state index contributed by atoms with van der Waals surface area (Å²) in [7, 11) is 3.86. The van der Waals surface area contributed by atoms with Gasteiger partial charge in [-0.25, -0.2) is 0 Å². The Morgan fingerprint density at radius 3 is 2.54 bits per heavy atom. The van der Waals surface area contributed by atoms with Crippen LogP contribution in [0.4, 0.5) is 0 Å². The molecule has 2 N–H and O–H groups in total. The summed E-state index contributed by atoms with van der Waals surface area (Å²) < 4.78 is 5.29. The molecule has 28 heavy (non-hydrogen) atoms. The molecule has 0 aliphatic carbocycles. The van der Waals surface area contributed by atoms with Gasteiger partial charge in [0.05, 0.1) is 40.3 Å². The van der Waals surface area contributed by atoms with Crippen LogP contribution in [0.3, 0.4) is 0 Å². The third kappa shape index (κ3) is 3.76. The zero-order valence-corrected chi connectivity index (χ0v) is 16.6. The number of H-pyrrole nitrogens is 1. The number of rotatable bonds is 5. The van der Waals surface area contributed by atoms with Gasteiger partial charge < -0.3 is 19.5 Å². The number of aromatic nitrogens is 1. The van der Waals surface area contributed by atoms with E-state index < -0.39 is 0 Å². The second-order valence-electron chi connectivity index (χ2n) is 7.59. The molecule has 0 atom stereocenters. The second-order valence-corrected chi connectivity index (χ2v) is 7.59. The molecule has 0 unspecified atom stereocenters. The number of nitrogens with one attached hydrogen (secondary N) is 2. The molecule has 0 saturated carbocycles. The van der Waals surface area contributed by atoms with Gasteiger partial charge >= 0.3 is 0 Å². The van der Waals surface area contributed by atoms with Crippen LogP contribution in [0.25, 0.3) is 22.2 Å². The Kier molecular flexibility index (Phi) is 5.35. The number of fused-ring (bicyclic) bond motifs is 1. The van der Waals surface area contributed by atoms with Gasteiger partial charge in [-0.15, -0.1) is 0 Å². The number of benzene rings is 2. The van der Waals surface area contributed by atoms with E-state index in [2.05, 4.69) is 42.4 Å². The van der Waals surface area contributed by atoms with E-state index in [-0.39, 0.29) is 5.91 Å². The number of hydrogen-bond acceptors (Lipinski definition) is 2. The molecule has 146 valence electrons. The average Bonchev–Trinajstić information content (AvgIpc) is 3.11. The molecule has 1 amide bonds. The number of piperazine rings is 1.